The number of nitrogens with zero attached hydrogens (tertiary/aromatic N) is 1. The molecule has 0 saturated heterocycles. The Morgan fingerprint density at radius 3 is 2.56 bits per heavy atom. The molecule has 0 amide bonds. The van der Waals surface area contributed by atoms with Crippen LogP contribution in [0.15, 0.2) is 27.6 Å². The van der Waals surface area contributed by atoms with Crippen molar-refractivity contribution in [3.8, 4) is 0 Å². The fourth-order valence-electron chi connectivity index (χ4n) is 1.97. The SMILES string of the molecule is CCN(C1CC1)S(=O)(=O)c1ccc(CO)cc1Br. The van der Waals surface area contributed by atoms with Gasteiger partial charge in [0.2, 0.25) is 10.0 Å². The van der Waals surface area contributed by atoms with E-state index in [9.17, 15) is 8.42 Å². The molecule has 1 fully saturated rings. The van der Waals surface area contributed by atoms with Crippen LogP contribution < -0.4 is 0 Å². The summed E-state index contributed by atoms with van der Waals surface area (Å²) in [5.41, 5.74) is 0.690. The van der Waals surface area contributed by atoms with E-state index in [0.29, 0.717) is 16.6 Å². The minimum absolute atomic E-state index is 0.0982. The van der Waals surface area contributed by atoms with E-state index < -0.39 is 10.0 Å². The van der Waals surface area contributed by atoms with Crippen molar-refractivity contribution in [1.82, 2.24) is 4.31 Å². The Kier molecular flexibility index (Phi) is 4.11. The zero-order chi connectivity index (χ0) is 13.3. The summed E-state index contributed by atoms with van der Waals surface area (Å²) in [6.07, 6.45) is 1.89. The number of hydrogen-bond acceptors (Lipinski definition) is 3. The van der Waals surface area contributed by atoms with Gasteiger partial charge < -0.3 is 5.11 Å². The fourth-order valence-corrected chi connectivity index (χ4v) is 4.75. The van der Waals surface area contributed by atoms with Crippen LogP contribution in [0.3, 0.4) is 0 Å². The van der Waals surface area contributed by atoms with Crippen LogP contribution in [0.1, 0.15) is 25.3 Å². The Labute approximate surface area is 116 Å². The van der Waals surface area contributed by atoms with Gasteiger partial charge in [-0.25, -0.2) is 8.42 Å². The highest BCUT2D eigenvalue weighted by molar-refractivity contribution is 9.10. The summed E-state index contributed by atoms with van der Waals surface area (Å²) < 4.78 is 27.1. The molecule has 1 aliphatic carbocycles. The first kappa shape index (κ1) is 14.0. The van der Waals surface area contributed by atoms with Gasteiger partial charge >= 0.3 is 0 Å². The summed E-state index contributed by atoms with van der Waals surface area (Å²) in [5, 5.41) is 9.03. The molecule has 0 bridgehead atoms. The number of aliphatic hydroxyl groups is 1. The second-order valence-corrected chi connectivity index (χ2v) is 7.08. The Bertz CT molecular complexity index is 540. The third-order valence-corrected chi connectivity index (χ3v) is 6.04. The predicted octanol–water partition coefficient (Wildman–Crippen LogP) is 2.11. The van der Waals surface area contributed by atoms with Gasteiger partial charge in [-0.1, -0.05) is 13.0 Å². The number of halogens is 1. The van der Waals surface area contributed by atoms with E-state index >= 15 is 0 Å². The van der Waals surface area contributed by atoms with E-state index in [-0.39, 0.29) is 17.5 Å². The Morgan fingerprint density at radius 1 is 1.44 bits per heavy atom. The minimum atomic E-state index is -3.44. The molecule has 6 heteroatoms. The number of hydrogen-bond donors (Lipinski definition) is 1. The molecule has 0 aliphatic heterocycles. The van der Waals surface area contributed by atoms with E-state index in [4.69, 9.17) is 5.11 Å². The van der Waals surface area contributed by atoms with Crippen molar-refractivity contribution < 1.29 is 13.5 Å². The lowest BCUT2D eigenvalue weighted by Gasteiger charge is -2.20. The summed E-state index contributed by atoms with van der Waals surface area (Å²) in [6, 6.07) is 4.99. The molecule has 1 aromatic carbocycles. The highest BCUT2D eigenvalue weighted by atomic mass is 79.9. The second kappa shape index (κ2) is 5.28. The van der Waals surface area contributed by atoms with Crippen molar-refractivity contribution in [2.45, 2.75) is 37.3 Å². The van der Waals surface area contributed by atoms with Gasteiger partial charge in [0.15, 0.2) is 0 Å². The highest BCUT2D eigenvalue weighted by Gasteiger charge is 2.37. The van der Waals surface area contributed by atoms with Gasteiger partial charge in [0.05, 0.1) is 11.5 Å². The second-order valence-electron chi connectivity index (χ2n) is 4.36. The molecule has 1 N–H and O–H groups in total. The van der Waals surface area contributed by atoms with Gasteiger partial charge in [0.1, 0.15) is 0 Å². The molecule has 0 aromatic heterocycles. The van der Waals surface area contributed by atoms with Gasteiger partial charge in [0.25, 0.3) is 0 Å². The normalized spacial score (nSPS) is 16.2. The average molecular weight is 334 g/mol. The third kappa shape index (κ3) is 2.61. The predicted molar refractivity (Wildman–Crippen MR) is 72.7 cm³/mol. The van der Waals surface area contributed by atoms with Gasteiger partial charge in [-0.05, 0) is 46.5 Å². The average Bonchev–Trinajstić information content (AvgIpc) is 3.13. The molecule has 0 radical (unpaired) electrons. The van der Waals surface area contributed by atoms with Crippen LogP contribution in [0.25, 0.3) is 0 Å². The Balaban J connectivity index is 2.40. The monoisotopic (exact) mass is 333 g/mol. The van der Waals surface area contributed by atoms with Crippen molar-refractivity contribution in [1.29, 1.82) is 0 Å². The first-order chi connectivity index (χ1) is 8.50. The molecule has 0 atom stereocenters. The molecule has 0 unspecified atom stereocenters. The quantitative estimate of drug-likeness (QED) is 0.897. The lowest BCUT2D eigenvalue weighted by molar-refractivity contribution is 0.281. The molecule has 100 valence electrons. The van der Waals surface area contributed by atoms with E-state index in [1.165, 1.54) is 0 Å². The molecule has 1 saturated carbocycles. The number of rotatable bonds is 5. The lowest BCUT2D eigenvalue weighted by Crippen LogP contribution is -2.33. The van der Waals surface area contributed by atoms with Crippen molar-refractivity contribution >= 4 is 26.0 Å². The number of aliphatic hydroxyl groups excluding tert-OH is 1. The van der Waals surface area contributed by atoms with Crippen LogP contribution in [0.2, 0.25) is 0 Å². The molecule has 0 spiro atoms. The van der Waals surface area contributed by atoms with Crippen LogP contribution in [0.4, 0.5) is 0 Å². The number of sulfonamides is 1. The molecule has 1 aromatic rings. The first-order valence-electron chi connectivity index (χ1n) is 5.91. The maximum atomic E-state index is 12.5. The van der Waals surface area contributed by atoms with Crippen molar-refractivity contribution in [2.75, 3.05) is 6.54 Å². The fraction of sp³-hybridized carbons (Fsp3) is 0.500. The van der Waals surface area contributed by atoms with Gasteiger partial charge in [-0.2, -0.15) is 4.31 Å². The lowest BCUT2D eigenvalue weighted by atomic mass is 10.2. The zero-order valence-corrected chi connectivity index (χ0v) is 12.5. The highest BCUT2D eigenvalue weighted by Crippen LogP contribution is 2.34. The van der Waals surface area contributed by atoms with Gasteiger partial charge in [-0.3, -0.25) is 0 Å². The van der Waals surface area contributed by atoms with Crippen LogP contribution in [-0.4, -0.2) is 30.4 Å². The van der Waals surface area contributed by atoms with Crippen LogP contribution in [-0.2, 0) is 16.6 Å². The van der Waals surface area contributed by atoms with Gasteiger partial charge in [-0.15, -0.1) is 0 Å². The van der Waals surface area contributed by atoms with Crippen LogP contribution >= 0.6 is 15.9 Å². The van der Waals surface area contributed by atoms with Gasteiger partial charge in [0, 0.05) is 17.1 Å². The van der Waals surface area contributed by atoms with Crippen molar-refractivity contribution in [3.05, 3.63) is 28.2 Å². The zero-order valence-electron chi connectivity index (χ0n) is 10.1. The van der Waals surface area contributed by atoms with Crippen LogP contribution in [0, 0.1) is 0 Å². The topological polar surface area (TPSA) is 57.6 Å². The van der Waals surface area contributed by atoms with Crippen molar-refractivity contribution in [3.63, 3.8) is 0 Å². The smallest absolute Gasteiger partial charge is 0.244 e. The molecular weight excluding hydrogens is 318 g/mol. The summed E-state index contributed by atoms with van der Waals surface area (Å²) in [5.74, 6) is 0. The maximum absolute atomic E-state index is 12.5. The Hall–Kier alpha value is -0.430. The van der Waals surface area contributed by atoms with E-state index in [2.05, 4.69) is 15.9 Å². The molecule has 0 heterocycles. The summed E-state index contributed by atoms with van der Waals surface area (Å²) in [7, 11) is -3.44. The van der Waals surface area contributed by atoms with E-state index in [0.717, 1.165) is 12.8 Å². The molecule has 18 heavy (non-hydrogen) atoms. The minimum Gasteiger partial charge on any atom is -0.392 e. The summed E-state index contributed by atoms with van der Waals surface area (Å²) in [6.45, 7) is 2.24. The molecular formula is C12H16BrNO3S. The summed E-state index contributed by atoms with van der Waals surface area (Å²) in [4.78, 5) is 0.272. The number of benzene rings is 1. The standard InChI is InChI=1S/C12H16BrNO3S/c1-2-14(10-4-5-10)18(16,17)12-6-3-9(8-15)7-11(12)13/h3,6-7,10,15H,2,4-5,8H2,1H3. The van der Waals surface area contributed by atoms with E-state index in [1.54, 1.807) is 22.5 Å². The van der Waals surface area contributed by atoms with Crippen molar-refractivity contribution in [2.24, 2.45) is 0 Å². The largest absolute Gasteiger partial charge is 0.392 e. The van der Waals surface area contributed by atoms with E-state index in [1.807, 2.05) is 6.92 Å². The Morgan fingerprint density at radius 2 is 2.11 bits per heavy atom. The molecule has 1 aliphatic rings. The van der Waals surface area contributed by atoms with Crippen LogP contribution in [0.5, 0.6) is 0 Å². The third-order valence-electron chi connectivity index (χ3n) is 3.03. The molecule has 2 rings (SSSR count). The first-order valence-corrected chi connectivity index (χ1v) is 8.15. The summed E-state index contributed by atoms with van der Waals surface area (Å²) >= 11 is 3.27. The maximum Gasteiger partial charge on any atom is 0.244 e. The molecule has 4 nitrogen and oxygen atoms in total.